The van der Waals surface area contributed by atoms with Gasteiger partial charge in [0.15, 0.2) is 0 Å². The molecule has 0 aliphatic heterocycles. The van der Waals surface area contributed by atoms with Crippen LogP contribution < -0.4 is 10.6 Å². The van der Waals surface area contributed by atoms with Crippen molar-refractivity contribution in [2.45, 2.75) is 46.0 Å². The van der Waals surface area contributed by atoms with Crippen LogP contribution in [0.2, 0.25) is 0 Å². The van der Waals surface area contributed by atoms with Gasteiger partial charge in [-0.05, 0) is 31.6 Å². The number of carboxylic acids is 1. The first-order chi connectivity index (χ1) is 9.35. The maximum absolute atomic E-state index is 11.6. The summed E-state index contributed by atoms with van der Waals surface area (Å²) < 4.78 is 0. The number of carbonyl (C=O) groups is 3. The minimum Gasteiger partial charge on any atom is -0.481 e. The summed E-state index contributed by atoms with van der Waals surface area (Å²) >= 11 is 0. The zero-order valence-electron chi connectivity index (χ0n) is 12.2. The van der Waals surface area contributed by atoms with Crippen LogP contribution in [0.1, 0.15) is 46.0 Å². The third-order valence-corrected chi connectivity index (χ3v) is 4.04. The van der Waals surface area contributed by atoms with E-state index >= 15 is 0 Å². The molecule has 1 fully saturated rings. The van der Waals surface area contributed by atoms with Crippen LogP contribution >= 0.6 is 0 Å². The van der Waals surface area contributed by atoms with Gasteiger partial charge in [-0.25, -0.2) is 0 Å². The van der Waals surface area contributed by atoms with Gasteiger partial charge >= 0.3 is 5.97 Å². The van der Waals surface area contributed by atoms with Gasteiger partial charge < -0.3 is 15.7 Å². The van der Waals surface area contributed by atoms with Crippen molar-refractivity contribution >= 4 is 17.8 Å². The molecule has 0 heterocycles. The highest BCUT2D eigenvalue weighted by Gasteiger charge is 2.41. The van der Waals surface area contributed by atoms with Crippen LogP contribution in [-0.2, 0) is 14.4 Å². The third-order valence-electron chi connectivity index (χ3n) is 4.04. The molecule has 0 aromatic carbocycles. The van der Waals surface area contributed by atoms with Crippen LogP contribution in [0.3, 0.4) is 0 Å². The molecule has 0 aromatic heterocycles. The maximum Gasteiger partial charge on any atom is 0.311 e. The molecular formula is C14H24N2O4. The van der Waals surface area contributed by atoms with E-state index in [0.717, 1.165) is 12.8 Å². The average Bonchev–Trinajstić information content (AvgIpc) is 2.37. The van der Waals surface area contributed by atoms with Crippen LogP contribution in [0.5, 0.6) is 0 Å². The summed E-state index contributed by atoms with van der Waals surface area (Å²) in [5, 5.41) is 14.7. The molecule has 1 saturated carbocycles. The number of aliphatic carboxylic acids is 1. The van der Waals surface area contributed by atoms with E-state index in [0.29, 0.717) is 18.8 Å². The van der Waals surface area contributed by atoms with Gasteiger partial charge in [0.2, 0.25) is 11.8 Å². The number of hydrogen-bond acceptors (Lipinski definition) is 3. The second-order valence-corrected chi connectivity index (χ2v) is 5.78. The van der Waals surface area contributed by atoms with Crippen LogP contribution in [0.25, 0.3) is 0 Å². The van der Waals surface area contributed by atoms with Crippen molar-refractivity contribution < 1.29 is 19.5 Å². The monoisotopic (exact) mass is 284 g/mol. The lowest BCUT2D eigenvalue weighted by molar-refractivity contribution is -0.151. The third kappa shape index (κ3) is 4.83. The normalized spacial score (nSPS) is 25.8. The average molecular weight is 284 g/mol. The first kappa shape index (κ1) is 16.5. The van der Waals surface area contributed by atoms with Crippen LogP contribution in [0.15, 0.2) is 0 Å². The van der Waals surface area contributed by atoms with E-state index in [1.165, 1.54) is 6.92 Å². The van der Waals surface area contributed by atoms with E-state index in [-0.39, 0.29) is 31.3 Å². The Hall–Kier alpha value is -1.59. The Morgan fingerprint density at radius 3 is 2.30 bits per heavy atom. The van der Waals surface area contributed by atoms with Crippen molar-refractivity contribution in [2.24, 2.45) is 11.3 Å². The van der Waals surface area contributed by atoms with E-state index in [4.69, 9.17) is 0 Å². The number of nitrogens with one attached hydrogen (secondary N) is 2. The van der Waals surface area contributed by atoms with Gasteiger partial charge in [-0.2, -0.15) is 0 Å². The first-order valence-electron chi connectivity index (χ1n) is 7.10. The van der Waals surface area contributed by atoms with E-state index in [9.17, 15) is 19.5 Å². The topological polar surface area (TPSA) is 95.5 Å². The standard InChI is InChI=1S/C14H24N2O4/c1-10-3-6-14(7-4-10,13(19)20)9-16-12(18)5-8-15-11(2)17/h10H,3-9H2,1-2H3,(H,15,17)(H,16,18)(H,19,20). The Bertz CT molecular complexity index is 373. The number of rotatable bonds is 6. The fraction of sp³-hybridized carbons (Fsp3) is 0.786. The molecule has 6 nitrogen and oxygen atoms in total. The van der Waals surface area contributed by atoms with E-state index in [1.807, 2.05) is 0 Å². The summed E-state index contributed by atoms with van der Waals surface area (Å²) in [6.45, 7) is 3.96. The Labute approximate surface area is 119 Å². The number of amides is 2. The molecule has 3 N–H and O–H groups in total. The quantitative estimate of drug-likeness (QED) is 0.675. The molecule has 6 heteroatoms. The molecule has 114 valence electrons. The molecule has 20 heavy (non-hydrogen) atoms. The van der Waals surface area contributed by atoms with Crippen molar-refractivity contribution in [3.05, 3.63) is 0 Å². The predicted molar refractivity (Wildman–Crippen MR) is 74.0 cm³/mol. The predicted octanol–water partition coefficient (Wildman–Crippen LogP) is 0.910. The summed E-state index contributed by atoms with van der Waals surface area (Å²) in [5.74, 6) is -0.677. The lowest BCUT2D eigenvalue weighted by atomic mass is 9.71. The molecule has 1 aliphatic rings. The highest BCUT2D eigenvalue weighted by Crippen LogP contribution is 2.38. The van der Waals surface area contributed by atoms with Gasteiger partial charge in [-0.1, -0.05) is 6.92 Å². The van der Waals surface area contributed by atoms with Gasteiger partial charge in [-0.3, -0.25) is 14.4 Å². The SMILES string of the molecule is CC(=O)NCCC(=O)NCC1(C(=O)O)CCC(C)CC1. The Kier molecular flexibility index (Phi) is 5.98. The Balaban J connectivity index is 2.41. The second kappa shape index (κ2) is 7.26. The summed E-state index contributed by atoms with van der Waals surface area (Å²) in [5.41, 5.74) is -0.823. The Morgan fingerprint density at radius 2 is 1.80 bits per heavy atom. The van der Waals surface area contributed by atoms with Crippen molar-refractivity contribution in [3.63, 3.8) is 0 Å². The first-order valence-corrected chi connectivity index (χ1v) is 7.10. The van der Waals surface area contributed by atoms with E-state index in [1.54, 1.807) is 0 Å². The minimum absolute atomic E-state index is 0.172. The number of carboxylic acid groups (broad SMARTS) is 1. The smallest absolute Gasteiger partial charge is 0.311 e. The van der Waals surface area contributed by atoms with Gasteiger partial charge in [0, 0.05) is 26.4 Å². The molecule has 1 aliphatic carbocycles. The highest BCUT2D eigenvalue weighted by molar-refractivity contribution is 5.80. The zero-order chi connectivity index (χ0) is 15.2. The molecule has 1 rings (SSSR count). The molecule has 0 saturated heterocycles. The Morgan fingerprint density at radius 1 is 1.20 bits per heavy atom. The highest BCUT2D eigenvalue weighted by atomic mass is 16.4. The number of hydrogen-bond donors (Lipinski definition) is 3. The molecule has 2 amide bonds. The lowest BCUT2D eigenvalue weighted by Crippen LogP contribution is -2.45. The largest absolute Gasteiger partial charge is 0.481 e. The van der Waals surface area contributed by atoms with Crippen LogP contribution in [-0.4, -0.2) is 36.0 Å². The number of carbonyl (C=O) groups excluding carboxylic acids is 2. The summed E-state index contributed by atoms with van der Waals surface area (Å²) in [6, 6.07) is 0. The van der Waals surface area contributed by atoms with E-state index < -0.39 is 11.4 Å². The van der Waals surface area contributed by atoms with Crippen LogP contribution in [0, 0.1) is 11.3 Å². The fourth-order valence-electron chi connectivity index (χ4n) is 2.49. The summed E-state index contributed by atoms with van der Waals surface area (Å²) in [6.07, 6.45) is 3.15. The lowest BCUT2D eigenvalue weighted by Gasteiger charge is -2.35. The van der Waals surface area contributed by atoms with E-state index in [2.05, 4.69) is 17.6 Å². The van der Waals surface area contributed by atoms with Gasteiger partial charge in [0.1, 0.15) is 0 Å². The molecule has 0 bridgehead atoms. The fourth-order valence-corrected chi connectivity index (χ4v) is 2.49. The zero-order valence-corrected chi connectivity index (χ0v) is 12.2. The molecule has 0 unspecified atom stereocenters. The maximum atomic E-state index is 11.6. The minimum atomic E-state index is -0.827. The van der Waals surface area contributed by atoms with Crippen LogP contribution in [0.4, 0.5) is 0 Å². The summed E-state index contributed by atoms with van der Waals surface area (Å²) in [7, 11) is 0. The van der Waals surface area contributed by atoms with Crippen molar-refractivity contribution in [3.8, 4) is 0 Å². The molecule has 0 spiro atoms. The molecule has 0 atom stereocenters. The van der Waals surface area contributed by atoms with Gasteiger partial charge in [-0.15, -0.1) is 0 Å². The molecule has 0 aromatic rings. The van der Waals surface area contributed by atoms with Gasteiger partial charge in [0.25, 0.3) is 0 Å². The second-order valence-electron chi connectivity index (χ2n) is 5.78. The summed E-state index contributed by atoms with van der Waals surface area (Å²) in [4.78, 5) is 33.8. The van der Waals surface area contributed by atoms with Crippen molar-refractivity contribution in [1.29, 1.82) is 0 Å². The molecule has 0 radical (unpaired) electrons. The van der Waals surface area contributed by atoms with Gasteiger partial charge in [0.05, 0.1) is 5.41 Å². The van der Waals surface area contributed by atoms with Crippen molar-refractivity contribution in [1.82, 2.24) is 10.6 Å². The molecular weight excluding hydrogens is 260 g/mol. The van der Waals surface area contributed by atoms with Crippen molar-refractivity contribution in [2.75, 3.05) is 13.1 Å².